The fourth-order valence-corrected chi connectivity index (χ4v) is 1.92. The first-order valence-corrected chi connectivity index (χ1v) is 6.16. The number of imidazole rings is 1. The summed E-state index contributed by atoms with van der Waals surface area (Å²) in [7, 11) is 5.85. The average Bonchev–Trinajstić information content (AvgIpc) is 2.71. The molecule has 0 aliphatic rings. The molecule has 0 atom stereocenters. The van der Waals surface area contributed by atoms with Crippen LogP contribution in [0.15, 0.2) is 18.3 Å². The van der Waals surface area contributed by atoms with Crippen LogP contribution in [-0.4, -0.2) is 53.8 Å². The van der Waals surface area contributed by atoms with Gasteiger partial charge in [-0.05, 0) is 26.2 Å². The lowest BCUT2D eigenvalue weighted by molar-refractivity contribution is 0.199. The molecule has 18 heavy (non-hydrogen) atoms. The molecule has 5 nitrogen and oxygen atoms in total. The maximum Gasteiger partial charge on any atom is 0.160 e. The third-order valence-electron chi connectivity index (χ3n) is 2.88. The molecule has 0 radical (unpaired) electrons. The van der Waals surface area contributed by atoms with Crippen molar-refractivity contribution in [1.82, 2.24) is 19.4 Å². The number of hydrogen-bond acceptors (Lipinski definition) is 4. The molecule has 0 unspecified atom stereocenters. The van der Waals surface area contributed by atoms with Crippen LogP contribution < -0.4 is 0 Å². The van der Waals surface area contributed by atoms with Crippen LogP contribution in [0.25, 0.3) is 11.2 Å². The van der Waals surface area contributed by atoms with Crippen molar-refractivity contribution in [3.05, 3.63) is 24.2 Å². The highest BCUT2D eigenvalue weighted by Crippen LogP contribution is 2.14. The van der Waals surface area contributed by atoms with Crippen molar-refractivity contribution in [2.75, 3.05) is 34.4 Å². The van der Waals surface area contributed by atoms with Crippen LogP contribution in [-0.2, 0) is 17.7 Å². The first-order valence-electron chi connectivity index (χ1n) is 6.16. The number of fused-ring (bicyclic) bond motifs is 1. The minimum absolute atomic E-state index is 0.686. The van der Waals surface area contributed by atoms with Gasteiger partial charge in [0, 0.05) is 32.8 Å². The van der Waals surface area contributed by atoms with Gasteiger partial charge in [-0.3, -0.25) is 0 Å². The molecule has 2 aromatic rings. The van der Waals surface area contributed by atoms with Crippen molar-refractivity contribution in [3.63, 3.8) is 0 Å². The predicted molar refractivity (Wildman–Crippen MR) is 71.7 cm³/mol. The molecule has 0 spiro atoms. The molecule has 0 N–H and O–H groups in total. The van der Waals surface area contributed by atoms with Crippen LogP contribution in [0.3, 0.4) is 0 Å². The molecule has 2 heterocycles. The van der Waals surface area contributed by atoms with Crippen molar-refractivity contribution >= 4 is 11.2 Å². The van der Waals surface area contributed by atoms with Crippen LogP contribution in [0.5, 0.6) is 0 Å². The smallest absolute Gasteiger partial charge is 0.160 e. The second-order valence-electron chi connectivity index (χ2n) is 4.57. The van der Waals surface area contributed by atoms with Crippen LogP contribution >= 0.6 is 0 Å². The summed E-state index contributed by atoms with van der Waals surface area (Å²) < 4.78 is 7.33. The number of rotatable bonds is 6. The van der Waals surface area contributed by atoms with E-state index in [0.29, 0.717) is 6.61 Å². The quantitative estimate of drug-likeness (QED) is 0.770. The van der Waals surface area contributed by atoms with Gasteiger partial charge in [-0.25, -0.2) is 9.97 Å². The molecule has 98 valence electrons. The van der Waals surface area contributed by atoms with Gasteiger partial charge in [-0.15, -0.1) is 0 Å². The molecule has 0 aromatic carbocycles. The molecule has 5 heteroatoms. The zero-order chi connectivity index (χ0) is 13.0. The van der Waals surface area contributed by atoms with Gasteiger partial charge in [0.1, 0.15) is 11.3 Å². The Balaban J connectivity index is 2.31. The van der Waals surface area contributed by atoms with E-state index < -0.39 is 0 Å². The molecular weight excluding hydrogens is 228 g/mol. The molecule has 0 aliphatic heterocycles. The van der Waals surface area contributed by atoms with E-state index in [4.69, 9.17) is 4.74 Å². The fraction of sp³-hybridized carbons (Fsp3) is 0.538. The monoisotopic (exact) mass is 248 g/mol. The summed E-state index contributed by atoms with van der Waals surface area (Å²) in [6.45, 7) is 2.56. The number of hydrogen-bond donors (Lipinski definition) is 0. The maximum atomic E-state index is 5.14. The number of likely N-dealkylation sites (N-methyl/N-ethyl adjacent to an activating group) is 1. The zero-order valence-corrected chi connectivity index (χ0v) is 11.3. The number of aromatic nitrogens is 3. The lowest BCUT2D eigenvalue weighted by Crippen LogP contribution is -2.20. The van der Waals surface area contributed by atoms with E-state index in [-0.39, 0.29) is 0 Å². The minimum atomic E-state index is 0.686. The standard InChI is InChI=1S/C13H20N4O/c1-16(2)8-9-17-12(6-10-18-3)15-11-5-4-7-14-13(11)17/h4-5,7H,6,8-10H2,1-3H3. The Kier molecular flexibility index (Phi) is 4.28. The van der Waals surface area contributed by atoms with E-state index in [0.717, 1.165) is 36.5 Å². The van der Waals surface area contributed by atoms with Crippen LogP contribution in [0.2, 0.25) is 0 Å². The van der Waals surface area contributed by atoms with Gasteiger partial charge in [-0.1, -0.05) is 0 Å². The largest absolute Gasteiger partial charge is 0.384 e. The van der Waals surface area contributed by atoms with Gasteiger partial charge in [0.05, 0.1) is 6.61 Å². The highest BCUT2D eigenvalue weighted by Gasteiger charge is 2.11. The van der Waals surface area contributed by atoms with Crippen molar-refractivity contribution in [3.8, 4) is 0 Å². The van der Waals surface area contributed by atoms with Crippen LogP contribution in [0, 0.1) is 0 Å². The van der Waals surface area contributed by atoms with Crippen molar-refractivity contribution in [1.29, 1.82) is 0 Å². The molecule has 0 amide bonds. The second kappa shape index (κ2) is 5.93. The van der Waals surface area contributed by atoms with Gasteiger partial charge < -0.3 is 14.2 Å². The Hall–Kier alpha value is -1.46. The van der Waals surface area contributed by atoms with E-state index in [1.54, 1.807) is 7.11 Å². The Morgan fingerprint density at radius 2 is 2.22 bits per heavy atom. The summed E-state index contributed by atoms with van der Waals surface area (Å²) >= 11 is 0. The van der Waals surface area contributed by atoms with E-state index in [1.807, 2.05) is 18.3 Å². The fourth-order valence-electron chi connectivity index (χ4n) is 1.92. The van der Waals surface area contributed by atoms with Gasteiger partial charge in [0.25, 0.3) is 0 Å². The summed E-state index contributed by atoms with van der Waals surface area (Å²) in [5.74, 6) is 1.05. The zero-order valence-electron chi connectivity index (χ0n) is 11.3. The van der Waals surface area contributed by atoms with Crippen LogP contribution in [0.4, 0.5) is 0 Å². The third-order valence-corrected chi connectivity index (χ3v) is 2.88. The summed E-state index contributed by atoms with van der Waals surface area (Å²) in [6.07, 6.45) is 2.64. The van der Waals surface area contributed by atoms with E-state index in [2.05, 4.69) is 33.5 Å². The molecular formula is C13H20N4O. The SMILES string of the molecule is COCCc1nc2cccnc2n1CCN(C)C. The van der Waals surface area contributed by atoms with E-state index >= 15 is 0 Å². The average molecular weight is 248 g/mol. The van der Waals surface area contributed by atoms with Crippen molar-refractivity contribution < 1.29 is 4.74 Å². The Labute approximate surface area is 107 Å². The third kappa shape index (κ3) is 2.86. The lowest BCUT2D eigenvalue weighted by atomic mass is 10.4. The van der Waals surface area contributed by atoms with E-state index in [1.165, 1.54) is 0 Å². The van der Waals surface area contributed by atoms with Crippen molar-refractivity contribution in [2.45, 2.75) is 13.0 Å². The molecule has 0 bridgehead atoms. The maximum absolute atomic E-state index is 5.14. The van der Waals surface area contributed by atoms with Crippen molar-refractivity contribution in [2.24, 2.45) is 0 Å². The van der Waals surface area contributed by atoms with Gasteiger partial charge in [0.2, 0.25) is 0 Å². The summed E-state index contributed by atoms with van der Waals surface area (Å²) in [5, 5.41) is 0. The summed E-state index contributed by atoms with van der Waals surface area (Å²) in [4.78, 5) is 11.2. The highest BCUT2D eigenvalue weighted by molar-refractivity contribution is 5.71. The van der Waals surface area contributed by atoms with Crippen LogP contribution in [0.1, 0.15) is 5.82 Å². The van der Waals surface area contributed by atoms with Gasteiger partial charge >= 0.3 is 0 Å². The Bertz CT molecular complexity index is 507. The predicted octanol–water partition coefficient (Wildman–Crippen LogP) is 1.18. The molecule has 0 saturated carbocycles. The Morgan fingerprint density at radius 1 is 1.39 bits per heavy atom. The summed E-state index contributed by atoms with van der Waals surface area (Å²) in [5.41, 5.74) is 1.92. The number of pyridine rings is 1. The molecule has 2 aromatic heterocycles. The van der Waals surface area contributed by atoms with Gasteiger partial charge in [0.15, 0.2) is 5.65 Å². The molecule has 0 saturated heterocycles. The van der Waals surface area contributed by atoms with E-state index in [9.17, 15) is 0 Å². The van der Waals surface area contributed by atoms with Gasteiger partial charge in [-0.2, -0.15) is 0 Å². The molecule has 2 rings (SSSR count). The minimum Gasteiger partial charge on any atom is -0.384 e. The first kappa shape index (κ1) is 13.0. The normalized spacial score (nSPS) is 11.6. The summed E-state index contributed by atoms with van der Waals surface area (Å²) in [6, 6.07) is 3.93. The first-order chi connectivity index (χ1) is 8.72. The Morgan fingerprint density at radius 3 is 2.94 bits per heavy atom. The second-order valence-corrected chi connectivity index (χ2v) is 4.57. The molecule has 0 aliphatic carbocycles. The number of nitrogens with zero attached hydrogens (tertiary/aromatic N) is 4. The highest BCUT2D eigenvalue weighted by atomic mass is 16.5. The topological polar surface area (TPSA) is 43.2 Å². The molecule has 0 fully saturated rings. The number of ether oxygens (including phenoxy) is 1. The lowest BCUT2D eigenvalue weighted by Gasteiger charge is -2.12. The number of methoxy groups -OCH3 is 1.